The fourth-order valence-corrected chi connectivity index (χ4v) is 4.20. The van der Waals surface area contributed by atoms with Crippen LogP contribution in [-0.2, 0) is 11.3 Å². The van der Waals surface area contributed by atoms with Crippen molar-refractivity contribution in [2.45, 2.75) is 25.5 Å². The normalized spacial score (nSPS) is 18.7. The number of rotatable bonds is 7. The lowest BCUT2D eigenvalue weighted by atomic mass is 10.1. The number of ether oxygens (including phenoxy) is 2. The molecule has 0 unspecified atom stereocenters. The van der Waals surface area contributed by atoms with Crippen molar-refractivity contribution >= 4 is 17.5 Å². The molecule has 1 N–H and O–H groups in total. The van der Waals surface area contributed by atoms with Gasteiger partial charge in [-0.15, -0.1) is 0 Å². The number of aromatic nitrogens is 4. The molecule has 2 fully saturated rings. The number of piperidine rings is 1. The Morgan fingerprint density at radius 3 is 2.76 bits per heavy atom. The van der Waals surface area contributed by atoms with Gasteiger partial charge < -0.3 is 24.6 Å². The van der Waals surface area contributed by atoms with Gasteiger partial charge in [0.25, 0.3) is 0 Å². The number of benzene rings is 1. The standard InChI is InChI=1S/C24H29N7O2/c1-2-5-19(6-3-1)17-33-24-15-25-14-23(29-24)31-8-4-7-20(16-31)28-21-13-22(27-18-26-21)30-9-11-32-12-10-30/h1-3,5-6,13-15,18,20H,4,7-12,16-17H2,(H,26,27,28)/t20-/m1/s1. The minimum atomic E-state index is 0.266. The van der Waals surface area contributed by atoms with Crippen molar-refractivity contribution in [3.63, 3.8) is 0 Å². The van der Waals surface area contributed by atoms with E-state index in [9.17, 15) is 0 Å². The summed E-state index contributed by atoms with van der Waals surface area (Å²) >= 11 is 0. The molecule has 0 radical (unpaired) electrons. The minimum Gasteiger partial charge on any atom is -0.472 e. The Morgan fingerprint density at radius 2 is 1.88 bits per heavy atom. The van der Waals surface area contributed by atoms with Crippen LogP contribution in [0.25, 0.3) is 0 Å². The van der Waals surface area contributed by atoms with Gasteiger partial charge in [-0.3, -0.25) is 4.98 Å². The predicted molar refractivity (Wildman–Crippen MR) is 127 cm³/mol. The van der Waals surface area contributed by atoms with Gasteiger partial charge in [0.2, 0.25) is 5.88 Å². The van der Waals surface area contributed by atoms with Crippen molar-refractivity contribution in [3.05, 3.63) is 60.7 Å². The molecule has 2 saturated heterocycles. The van der Waals surface area contributed by atoms with Crippen molar-refractivity contribution in [3.8, 4) is 5.88 Å². The van der Waals surface area contributed by atoms with Crippen LogP contribution >= 0.6 is 0 Å². The van der Waals surface area contributed by atoms with E-state index in [2.05, 4.69) is 30.1 Å². The Labute approximate surface area is 193 Å². The molecule has 0 spiro atoms. The highest BCUT2D eigenvalue weighted by molar-refractivity contribution is 5.50. The monoisotopic (exact) mass is 447 g/mol. The molecule has 172 valence electrons. The van der Waals surface area contributed by atoms with Crippen molar-refractivity contribution in [1.82, 2.24) is 19.9 Å². The van der Waals surface area contributed by atoms with E-state index in [1.807, 2.05) is 36.4 Å². The summed E-state index contributed by atoms with van der Waals surface area (Å²) in [5, 5.41) is 3.59. The molecule has 5 rings (SSSR count). The largest absolute Gasteiger partial charge is 0.472 e. The highest BCUT2D eigenvalue weighted by Crippen LogP contribution is 2.23. The highest BCUT2D eigenvalue weighted by Gasteiger charge is 2.22. The average molecular weight is 448 g/mol. The van der Waals surface area contributed by atoms with Crippen LogP contribution < -0.4 is 19.9 Å². The first-order valence-electron chi connectivity index (χ1n) is 11.5. The van der Waals surface area contributed by atoms with Gasteiger partial charge in [-0.1, -0.05) is 30.3 Å². The highest BCUT2D eigenvalue weighted by atomic mass is 16.5. The van der Waals surface area contributed by atoms with Gasteiger partial charge in [0, 0.05) is 38.3 Å². The zero-order chi connectivity index (χ0) is 22.3. The number of hydrogen-bond acceptors (Lipinski definition) is 9. The molecular formula is C24H29N7O2. The maximum Gasteiger partial charge on any atom is 0.234 e. The van der Waals surface area contributed by atoms with Gasteiger partial charge in [-0.25, -0.2) is 9.97 Å². The lowest BCUT2D eigenvalue weighted by molar-refractivity contribution is 0.122. The maximum absolute atomic E-state index is 5.87. The Balaban J connectivity index is 1.20. The van der Waals surface area contributed by atoms with E-state index in [1.54, 1.807) is 18.7 Å². The Hall–Kier alpha value is -3.46. The summed E-state index contributed by atoms with van der Waals surface area (Å²) < 4.78 is 11.3. The molecule has 2 aromatic heterocycles. The quantitative estimate of drug-likeness (QED) is 0.587. The van der Waals surface area contributed by atoms with Gasteiger partial charge in [0.15, 0.2) is 5.82 Å². The predicted octanol–water partition coefficient (Wildman–Crippen LogP) is 2.76. The molecule has 2 aliphatic heterocycles. The number of nitrogens with one attached hydrogen (secondary N) is 1. The van der Waals surface area contributed by atoms with Gasteiger partial charge in [0.05, 0.1) is 25.6 Å². The van der Waals surface area contributed by atoms with Crippen molar-refractivity contribution in [1.29, 1.82) is 0 Å². The van der Waals surface area contributed by atoms with E-state index in [1.165, 1.54) is 0 Å². The molecule has 0 saturated carbocycles. The third-order valence-electron chi connectivity index (χ3n) is 5.91. The first kappa shape index (κ1) is 21.4. The summed E-state index contributed by atoms with van der Waals surface area (Å²) in [6.45, 7) is 5.43. The number of morpholine rings is 1. The van der Waals surface area contributed by atoms with Gasteiger partial charge in [-0.05, 0) is 18.4 Å². The molecule has 0 amide bonds. The molecule has 3 aromatic rings. The Morgan fingerprint density at radius 1 is 1.00 bits per heavy atom. The number of anilines is 3. The van der Waals surface area contributed by atoms with Crippen molar-refractivity contribution in [2.24, 2.45) is 0 Å². The van der Waals surface area contributed by atoms with E-state index in [4.69, 9.17) is 14.5 Å². The molecule has 9 nitrogen and oxygen atoms in total. The maximum atomic E-state index is 5.87. The lowest BCUT2D eigenvalue weighted by Gasteiger charge is -2.34. The molecule has 1 atom stereocenters. The molecule has 0 bridgehead atoms. The first-order chi connectivity index (χ1) is 16.3. The Bertz CT molecular complexity index is 1030. The van der Waals surface area contributed by atoms with E-state index >= 15 is 0 Å². The first-order valence-corrected chi connectivity index (χ1v) is 11.5. The van der Waals surface area contributed by atoms with E-state index in [0.29, 0.717) is 12.5 Å². The Kier molecular flexibility index (Phi) is 6.77. The van der Waals surface area contributed by atoms with E-state index < -0.39 is 0 Å². The molecule has 4 heterocycles. The van der Waals surface area contributed by atoms with Crippen LogP contribution in [0.5, 0.6) is 5.88 Å². The molecule has 33 heavy (non-hydrogen) atoms. The zero-order valence-electron chi connectivity index (χ0n) is 18.6. The zero-order valence-corrected chi connectivity index (χ0v) is 18.6. The van der Waals surface area contributed by atoms with E-state index in [-0.39, 0.29) is 6.04 Å². The SMILES string of the molecule is c1ccc(COc2cncc(N3CCC[C@@H](Nc4cc(N5CCOCC5)ncn4)C3)n2)cc1. The van der Waals surface area contributed by atoms with Gasteiger partial charge in [0.1, 0.15) is 24.6 Å². The molecule has 0 aliphatic carbocycles. The topological polar surface area (TPSA) is 88.5 Å². The summed E-state index contributed by atoms with van der Waals surface area (Å²) in [4.78, 5) is 22.4. The summed E-state index contributed by atoms with van der Waals surface area (Å²) in [5.74, 6) is 3.17. The van der Waals surface area contributed by atoms with Gasteiger partial charge >= 0.3 is 0 Å². The molecule has 2 aliphatic rings. The third-order valence-corrected chi connectivity index (χ3v) is 5.91. The second-order valence-electron chi connectivity index (χ2n) is 8.28. The smallest absolute Gasteiger partial charge is 0.234 e. The van der Waals surface area contributed by atoms with Crippen molar-refractivity contribution in [2.75, 3.05) is 54.5 Å². The van der Waals surface area contributed by atoms with Crippen LogP contribution in [0, 0.1) is 0 Å². The molecule has 1 aromatic carbocycles. The number of nitrogens with zero attached hydrogens (tertiary/aromatic N) is 6. The van der Waals surface area contributed by atoms with Crippen molar-refractivity contribution < 1.29 is 9.47 Å². The minimum absolute atomic E-state index is 0.266. The van der Waals surface area contributed by atoms with Crippen LogP contribution in [-0.4, -0.2) is 65.4 Å². The summed E-state index contributed by atoms with van der Waals surface area (Å²) in [7, 11) is 0. The van der Waals surface area contributed by atoms with E-state index in [0.717, 1.165) is 75.3 Å². The molecular weight excluding hydrogens is 418 g/mol. The van der Waals surface area contributed by atoms with Gasteiger partial charge in [-0.2, -0.15) is 4.98 Å². The van der Waals surface area contributed by atoms with Crippen LogP contribution in [0.2, 0.25) is 0 Å². The fourth-order valence-electron chi connectivity index (χ4n) is 4.20. The lowest BCUT2D eigenvalue weighted by Crippen LogP contribution is -2.42. The third kappa shape index (κ3) is 5.67. The second kappa shape index (κ2) is 10.4. The second-order valence-corrected chi connectivity index (χ2v) is 8.28. The van der Waals surface area contributed by atoms with Crippen LogP contribution in [0.3, 0.4) is 0 Å². The summed E-state index contributed by atoms with van der Waals surface area (Å²) in [6, 6.07) is 12.4. The summed E-state index contributed by atoms with van der Waals surface area (Å²) in [5.41, 5.74) is 1.10. The summed E-state index contributed by atoms with van der Waals surface area (Å²) in [6.07, 6.45) is 7.24. The van der Waals surface area contributed by atoms with Crippen LogP contribution in [0.1, 0.15) is 18.4 Å². The number of hydrogen-bond donors (Lipinski definition) is 1. The van der Waals surface area contributed by atoms with Crippen LogP contribution in [0.4, 0.5) is 17.5 Å². The average Bonchev–Trinajstić information content (AvgIpc) is 2.89. The molecule has 9 heteroatoms. The van der Waals surface area contributed by atoms with Crippen LogP contribution in [0.15, 0.2) is 55.1 Å². The fraction of sp³-hybridized carbons (Fsp3) is 0.417.